The van der Waals surface area contributed by atoms with Gasteiger partial charge < -0.3 is 26.4 Å². The Balaban J connectivity index is 2.00. The van der Waals surface area contributed by atoms with Gasteiger partial charge in [0, 0.05) is 19.7 Å². The maximum Gasteiger partial charge on any atom is 0.315 e. The van der Waals surface area contributed by atoms with Crippen LogP contribution in [0.2, 0.25) is 0 Å². The number of hydrogen-bond acceptors (Lipinski definition) is 3. The van der Waals surface area contributed by atoms with E-state index in [1.54, 1.807) is 0 Å². The van der Waals surface area contributed by atoms with E-state index in [9.17, 15) is 9.59 Å². The smallest absolute Gasteiger partial charge is 0.315 e. The van der Waals surface area contributed by atoms with Crippen molar-refractivity contribution in [2.45, 2.75) is 12.5 Å². The number of urea groups is 2. The molecule has 1 aliphatic rings. The normalized spacial score (nSPS) is 19.6. The molecule has 1 aliphatic heterocycles. The lowest BCUT2D eigenvalue weighted by Crippen LogP contribution is -2.45. The van der Waals surface area contributed by atoms with Crippen LogP contribution < -0.4 is 21.7 Å². The Hall–Kier alpha value is -1.50. The molecule has 0 aromatic rings. The van der Waals surface area contributed by atoms with Crippen LogP contribution in [0.1, 0.15) is 6.42 Å². The first-order valence-corrected chi connectivity index (χ1v) is 4.84. The molecule has 0 aromatic carbocycles. The third-order valence-corrected chi connectivity index (χ3v) is 1.97. The molecule has 0 saturated carbocycles. The third-order valence-electron chi connectivity index (χ3n) is 1.97. The fourth-order valence-electron chi connectivity index (χ4n) is 1.25. The van der Waals surface area contributed by atoms with Gasteiger partial charge in [0.15, 0.2) is 0 Å². The van der Waals surface area contributed by atoms with Gasteiger partial charge >= 0.3 is 12.1 Å². The van der Waals surface area contributed by atoms with E-state index < -0.39 is 6.03 Å². The second kappa shape index (κ2) is 6.07. The van der Waals surface area contributed by atoms with Gasteiger partial charge in [-0.25, -0.2) is 9.59 Å². The van der Waals surface area contributed by atoms with Crippen molar-refractivity contribution in [3.05, 3.63) is 0 Å². The molecule has 0 aromatic heterocycles. The van der Waals surface area contributed by atoms with Crippen LogP contribution in [-0.4, -0.2) is 44.4 Å². The van der Waals surface area contributed by atoms with Crippen LogP contribution in [0.15, 0.2) is 0 Å². The third kappa shape index (κ3) is 5.06. The average molecular weight is 216 g/mol. The Morgan fingerprint density at radius 3 is 2.67 bits per heavy atom. The second-order valence-corrected chi connectivity index (χ2v) is 3.25. The average Bonchev–Trinajstić information content (AvgIpc) is 2.64. The van der Waals surface area contributed by atoms with Crippen molar-refractivity contribution in [1.82, 2.24) is 16.0 Å². The Bertz CT molecular complexity index is 228. The van der Waals surface area contributed by atoms with Crippen molar-refractivity contribution in [3.63, 3.8) is 0 Å². The van der Waals surface area contributed by atoms with Crippen LogP contribution in [0, 0.1) is 0 Å². The number of primary amides is 1. The summed E-state index contributed by atoms with van der Waals surface area (Å²) in [7, 11) is 0. The molecule has 0 radical (unpaired) electrons. The number of amides is 4. The number of hydrogen-bond donors (Lipinski definition) is 4. The quantitative estimate of drug-likeness (QED) is 0.441. The zero-order valence-electron chi connectivity index (χ0n) is 8.41. The number of carbonyl (C=O) groups is 2. The lowest BCUT2D eigenvalue weighted by atomic mass is 10.3. The van der Waals surface area contributed by atoms with Gasteiger partial charge in [-0.3, -0.25) is 0 Å². The molecule has 4 amide bonds. The molecular weight excluding hydrogens is 200 g/mol. The number of nitrogens with two attached hydrogens (primary N) is 1. The molecule has 0 spiro atoms. The molecule has 1 heterocycles. The first-order chi connectivity index (χ1) is 7.18. The van der Waals surface area contributed by atoms with E-state index in [0.29, 0.717) is 26.3 Å². The minimum atomic E-state index is -0.596. The van der Waals surface area contributed by atoms with Crippen molar-refractivity contribution in [1.29, 1.82) is 0 Å². The SMILES string of the molecule is NC(=O)NCCNC(=O)NC1CCOC1. The van der Waals surface area contributed by atoms with Gasteiger partial charge in [0.25, 0.3) is 0 Å². The molecule has 1 unspecified atom stereocenters. The fourth-order valence-corrected chi connectivity index (χ4v) is 1.25. The van der Waals surface area contributed by atoms with Crippen LogP contribution in [0.3, 0.4) is 0 Å². The molecule has 5 N–H and O–H groups in total. The predicted molar refractivity (Wildman–Crippen MR) is 53.3 cm³/mol. The Kier molecular flexibility index (Phi) is 4.69. The minimum Gasteiger partial charge on any atom is -0.379 e. The summed E-state index contributed by atoms with van der Waals surface area (Å²) in [5, 5.41) is 7.70. The first-order valence-electron chi connectivity index (χ1n) is 4.84. The number of carbonyl (C=O) groups excluding carboxylic acids is 2. The Morgan fingerprint density at radius 2 is 2.07 bits per heavy atom. The molecule has 1 fully saturated rings. The molecule has 86 valence electrons. The molecule has 7 heteroatoms. The summed E-state index contributed by atoms with van der Waals surface area (Å²) in [4.78, 5) is 21.5. The van der Waals surface area contributed by atoms with Gasteiger partial charge in [0.05, 0.1) is 12.6 Å². The summed E-state index contributed by atoms with van der Waals surface area (Å²) < 4.78 is 5.10. The van der Waals surface area contributed by atoms with Crippen molar-refractivity contribution >= 4 is 12.1 Å². The largest absolute Gasteiger partial charge is 0.379 e. The van der Waals surface area contributed by atoms with Gasteiger partial charge in [-0.15, -0.1) is 0 Å². The number of rotatable bonds is 4. The number of ether oxygens (including phenoxy) is 1. The zero-order valence-corrected chi connectivity index (χ0v) is 8.41. The Labute approximate surface area is 87.7 Å². The molecule has 7 nitrogen and oxygen atoms in total. The lowest BCUT2D eigenvalue weighted by Gasteiger charge is -2.11. The van der Waals surface area contributed by atoms with E-state index in [0.717, 1.165) is 6.42 Å². The summed E-state index contributed by atoms with van der Waals surface area (Å²) in [6, 6.07) is -0.757. The van der Waals surface area contributed by atoms with Crippen molar-refractivity contribution in [2.75, 3.05) is 26.3 Å². The van der Waals surface area contributed by atoms with Gasteiger partial charge in [-0.2, -0.15) is 0 Å². The van der Waals surface area contributed by atoms with E-state index in [-0.39, 0.29) is 12.1 Å². The molecule has 0 aliphatic carbocycles. The summed E-state index contributed by atoms with van der Waals surface area (Å²) in [6.45, 7) is 1.92. The second-order valence-electron chi connectivity index (χ2n) is 3.25. The standard InChI is InChI=1S/C8H16N4O3/c9-7(13)10-2-3-11-8(14)12-6-1-4-15-5-6/h6H,1-5H2,(H3,9,10,13)(H2,11,12,14). The molecule has 1 rings (SSSR count). The van der Waals surface area contributed by atoms with Gasteiger partial charge in [0.2, 0.25) is 0 Å². The van der Waals surface area contributed by atoms with Gasteiger partial charge in [-0.05, 0) is 6.42 Å². The van der Waals surface area contributed by atoms with E-state index in [1.807, 2.05) is 0 Å². The fraction of sp³-hybridized carbons (Fsp3) is 0.750. The molecule has 1 saturated heterocycles. The number of nitrogens with one attached hydrogen (secondary N) is 3. The minimum absolute atomic E-state index is 0.0918. The highest BCUT2D eigenvalue weighted by molar-refractivity contribution is 5.74. The highest BCUT2D eigenvalue weighted by Crippen LogP contribution is 2.02. The van der Waals surface area contributed by atoms with Crippen molar-refractivity contribution in [3.8, 4) is 0 Å². The maximum atomic E-state index is 11.2. The lowest BCUT2D eigenvalue weighted by molar-refractivity contribution is 0.188. The topological polar surface area (TPSA) is 105 Å². The molecular formula is C8H16N4O3. The van der Waals surface area contributed by atoms with E-state index >= 15 is 0 Å². The van der Waals surface area contributed by atoms with Gasteiger partial charge in [-0.1, -0.05) is 0 Å². The highest BCUT2D eigenvalue weighted by Gasteiger charge is 2.16. The van der Waals surface area contributed by atoms with Crippen molar-refractivity contribution < 1.29 is 14.3 Å². The van der Waals surface area contributed by atoms with Crippen LogP contribution >= 0.6 is 0 Å². The zero-order chi connectivity index (χ0) is 11.1. The van der Waals surface area contributed by atoms with Crippen LogP contribution in [0.5, 0.6) is 0 Å². The van der Waals surface area contributed by atoms with Crippen LogP contribution in [0.25, 0.3) is 0 Å². The van der Waals surface area contributed by atoms with E-state index in [4.69, 9.17) is 10.5 Å². The van der Waals surface area contributed by atoms with Crippen molar-refractivity contribution in [2.24, 2.45) is 5.73 Å². The van der Waals surface area contributed by atoms with Gasteiger partial charge in [0.1, 0.15) is 0 Å². The Morgan fingerprint density at radius 1 is 1.33 bits per heavy atom. The summed E-state index contributed by atoms with van der Waals surface area (Å²) in [6.07, 6.45) is 0.840. The molecule has 1 atom stereocenters. The summed E-state index contributed by atoms with van der Waals surface area (Å²) >= 11 is 0. The maximum absolute atomic E-state index is 11.2. The van der Waals surface area contributed by atoms with E-state index in [2.05, 4.69) is 16.0 Å². The van der Waals surface area contributed by atoms with E-state index in [1.165, 1.54) is 0 Å². The monoisotopic (exact) mass is 216 g/mol. The summed E-state index contributed by atoms with van der Waals surface area (Å²) in [5.74, 6) is 0. The van der Waals surface area contributed by atoms with Crippen LogP contribution in [0.4, 0.5) is 9.59 Å². The predicted octanol–water partition coefficient (Wildman–Crippen LogP) is -1.26. The summed E-state index contributed by atoms with van der Waals surface area (Å²) in [5.41, 5.74) is 4.85. The molecule has 0 bridgehead atoms. The highest BCUT2D eigenvalue weighted by atomic mass is 16.5. The molecule has 15 heavy (non-hydrogen) atoms. The first kappa shape index (κ1) is 11.6. The van der Waals surface area contributed by atoms with Crippen LogP contribution in [-0.2, 0) is 4.74 Å².